The van der Waals surface area contributed by atoms with Crippen LogP contribution in [0.3, 0.4) is 0 Å². The molecule has 0 heterocycles. The highest BCUT2D eigenvalue weighted by molar-refractivity contribution is 7.92. The first kappa shape index (κ1) is 29.4. The molecule has 0 spiro atoms. The number of ether oxygens (including phenoxy) is 2. The van der Waals surface area contributed by atoms with Crippen molar-refractivity contribution in [3.8, 4) is 11.5 Å². The Morgan fingerprint density at radius 2 is 1.62 bits per heavy atom. The lowest BCUT2D eigenvalue weighted by Crippen LogP contribution is -2.52. The maximum atomic E-state index is 13.9. The van der Waals surface area contributed by atoms with E-state index in [0.717, 1.165) is 16.1 Å². The van der Waals surface area contributed by atoms with Crippen molar-refractivity contribution in [2.24, 2.45) is 0 Å². The molecule has 39 heavy (non-hydrogen) atoms. The third-order valence-electron chi connectivity index (χ3n) is 6.12. The number of hydrogen-bond donors (Lipinski definition) is 1. The topological polar surface area (TPSA) is 105 Å². The molecular weight excluding hydrogens is 525 g/mol. The molecular formula is C28H32FN3O6S. The summed E-state index contributed by atoms with van der Waals surface area (Å²) in [5, 5.41) is 2.60. The fraction of sp³-hybridized carbons (Fsp3) is 0.286. The second-order valence-electron chi connectivity index (χ2n) is 8.78. The number of amides is 2. The number of methoxy groups -OCH3 is 2. The van der Waals surface area contributed by atoms with E-state index in [4.69, 9.17) is 9.47 Å². The summed E-state index contributed by atoms with van der Waals surface area (Å²) in [7, 11) is 0.333. The Hall–Kier alpha value is -4.12. The molecule has 0 aliphatic rings. The maximum absolute atomic E-state index is 13.9. The minimum Gasteiger partial charge on any atom is -0.497 e. The van der Waals surface area contributed by atoms with Crippen molar-refractivity contribution >= 4 is 27.5 Å². The monoisotopic (exact) mass is 557 g/mol. The van der Waals surface area contributed by atoms with Gasteiger partial charge in [0.15, 0.2) is 0 Å². The highest BCUT2D eigenvalue weighted by atomic mass is 32.2. The summed E-state index contributed by atoms with van der Waals surface area (Å²) in [4.78, 5) is 28.3. The van der Waals surface area contributed by atoms with E-state index >= 15 is 0 Å². The van der Waals surface area contributed by atoms with Gasteiger partial charge in [-0.05, 0) is 35.4 Å². The molecule has 3 aromatic carbocycles. The maximum Gasteiger partial charge on any atom is 0.244 e. The molecule has 3 aromatic rings. The summed E-state index contributed by atoms with van der Waals surface area (Å²) < 4.78 is 50.9. The molecule has 1 N–H and O–H groups in total. The largest absolute Gasteiger partial charge is 0.497 e. The molecule has 0 aromatic heterocycles. The van der Waals surface area contributed by atoms with Crippen LogP contribution < -0.4 is 19.1 Å². The van der Waals surface area contributed by atoms with Crippen LogP contribution in [0.25, 0.3) is 0 Å². The van der Waals surface area contributed by atoms with Gasteiger partial charge in [-0.3, -0.25) is 13.9 Å². The Labute approximate surface area is 228 Å². The van der Waals surface area contributed by atoms with E-state index in [2.05, 4.69) is 5.32 Å². The lowest BCUT2D eigenvalue weighted by molar-refractivity contribution is -0.139. The average Bonchev–Trinajstić information content (AvgIpc) is 2.93. The van der Waals surface area contributed by atoms with Gasteiger partial charge < -0.3 is 19.7 Å². The van der Waals surface area contributed by atoms with E-state index in [1.54, 1.807) is 6.07 Å². The number of nitrogens with zero attached hydrogens (tertiary/aromatic N) is 2. The van der Waals surface area contributed by atoms with Crippen LogP contribution in [0.4, 0.5) is 10.1 Å². The Morgan fingerprint density at radius 3 is 2.18 bits per heavy atom. The third kappa shape index (κ3) is 7.70. The fourth-order valence-corrected chi connectivity index (χ4v) is 4.95. The Kier molecular flexibility index (Phi) is 9.89. The molecule has 3 rings (SSSR count). The van der Waals surface area contributed by atoms with E-state index in [9.17, 15) is 22.4 Å². The molecule has 0 saturated carbocycles. The van der Waals surface area contributed by atoms with Crippen LogP contribution in [-0.2, 0) is 32.6 Å². The van der Waals surface area contributed by atoms with Crippen LogP contribution in [0.15, 0.2) is 72.8 Å². The summed E-state index contributed by atoms with van der Waals surface area (Å²) in [6.45, 7) is -0.660. The molecule has 9 nitrogen and oxygen atoms in total. The van der Waals surface area contributed by atoms with Crippen molar-refractivity contribution in [2.75, 3.05) is 38.4 Å². The van der Waals surface area contributed by atoms with E-state index in [1.807, 2.05) is 30.3 Å². The van der Waals surface area contributed by atoms with Gasteiger partial charge in [0, 0.05) is 26.1 Å². The minimum absolute atomic E-state index is 0.0542. The van der Waals surface area contributed by atoms with E-state index in [-0.39, 0.29) is 24.4 Å². The predicted molar refractivity (Wildman–Crippen MR) is 147 cm³/mol. The summed E-state index contributed by atoms with van der Waals surface area (Å²) in [6, 6.07) is 18.3. The van der Waals surface area contributed by atoms with Gasteiger partial charge in [-0.25, -0.2) is 12.8 Å². The Morgan fingerprint density at radius 1 is 0.949 bits per heavy atom. The SMILES string of the molecule is CNC(=O)[C@@H](Cc1ccccc1)N(Cc1ccc(F)cc1)C(=O)CN(c1ccc(OC)cc1OC)S(C)(=O)=O. The molecule has 11 heteroatoms. The van der Waals surface area contributed by atoms with Gasteiger partial charge in [-0.1, -0.05) is 42.5 Å². The van der Waals surface area contributed by atoms with Crippen LogP contribution in [0.1, 0.15) is 11.1 Å². The van der Waals surface area contributed by atoms with Crippen molar-refractivity contribution < 1.29 is 31.9 Å². The number of carbonyl (C=O) groups is 2. The number of halogens is 1. The first-order chi connectivity index (χ1) is 18.6. The minimum atomic E-state index is -3.97. The van der Waals surface area contributed by atoms with Crippen LogP contribution in [0.2, 0.25) is 0 Å². The van der Waals surface area contributed by atoms with Crippen LogP contribution in [0, 0.1) is 5.82 Å². The molecule has 0 aliphatic carbocycles. The molecule has 0 saturated heterocycles. The zero-order valence-electron chi connectivity index (χ0n) is 22.3. The first-order valence-electron chi connectivity index (χ1n) is 12.1. The third-order valence-corrected chi connectivity index (χ3v) is 7.24. The number of hydrogen-bond acceptors (Lipinski definition) is 6. The number of nitrogens with one attached hydrogen (secondary N) is 1. The summed E-state index contributed by atoms with van der Waals surface area (Å²) in [5.74, 6) is -0.881. The standard InChI is InChI=1S/C28H32FN3O6S/c1-30-28(34)25(16-20-8-6-5-7-9-20)31(18-21-10-12-22(29)13-11-21)27(33)19-32(39(4,35)36)24-15-14-23(37-2)17-26(24)38-3/h5-15,17,25H,16,18-19H2,1-4H3,(H,30,34)/t25-/m1/s1. The van der Waals surface area contributed by atoms with Crippen molar-refractivity contribution in [3.63, 3.8) is 0 Å². The molecule has 2 amide bonds. The van der Waals surface area contributed by atoms with Gasteiger partial charge in [0.1, 0.15) is 29.9 Å². The molecule has 0 aliphatic heterocycles. The molecule has 1 atom stereocenters. The predicted octanol–water partition coefficient (Wildman–Crippen LogP) is 3.00. The van der Waals surface area contributed by atoms with Gasteiger partial charge in [-0.15, -0.1) is 0 Å². The van der Waals surface area contributed by atoms with Gasteiger partial charge in [-0.2, -0.15) is 0 Å². The normalized spacial score (nSPS) is 11.8. The van der Waals surface area contributed by atoms with Crippen LogP contribution in [0.5, 0.6) is 11.5 Å². The van der Waals surface area contributed by atoms with E-state index in [1.165, 1.54) is 62.6 Å². The van der Waals surface area contributed by atoms with E-state index < -0.39 is 40.2 Å². The summed E-state index contributed by atoms with van der Waals surface area (Å²) >= 11 is 0. The first-order valence-corrected chi connectivity index (χ1v) is 13.9. The fourth-order valence-electron chi connectivity index (χ4n) is 4.09. The number of carbonyl (C=O) groups excluding carboxylic acids is 2. The zero-order valence-corrected chi connectivity index (χ0v) is 23.1. The van der Waals surface area contributed by atoms with Crippen LogP contribution >= 0.6 is 0 Å². The van der Waals surface area contributed by atoms with Crippen LogP contribution in [-0.4, -0.2) is 65.2 Å². The molecule has 0 radical (unpaired) electrons. The number of sulfonamides is 1. The lowest BCUT2D eigenvalue weighted by atomic mass is 10.0. The summed E-state index contributed by atoms with van der Waals surface area (Å²) in [5.41, 5.74) is 1.51. The highest BCUT2D eigenvalue weighted by Gasteiger charge is 2.33. The number of benzene rings is 3. The molecule has 0 unspecified atom stereocenters. The molecule has 0 fully saturated rings. The Balaban J connectivity index is 2.06. The van der Waals surface area contributed by atoms with E-state index in [0.29, 0.717) is 11.3 Å². The second kappa shape index (κ2) is 13.1. The molecule has 208 valence electrons. The zero-order chi connectivity index (χ0) is 28.6. The van der Waals surface area contributed by atoms with Gasteiger partial charge in [0.2, 0.25) is 21.8 Å². The number of anilines is 1. The van der Waals surface area contributed by atoms with Crippen molar-refractivity contribution in [3.05, 3.63) is 89.7 Å². The van der Waals surface area contributed by atoms with Crippen molar-refractivity contribution in [2.45, 2.75) is 19.0 Å². The number of likely N-dealkylation sites (N-methyl/N-ethyl adjacent to an activating group) is 1. The second-order valence-corrected chi connectivity index (χ2v) is 10.7. The Bertz CT molecular complexity index is 1380. The lowest BCUT2D eigenvalue weighted by Gasteiger charge is -2.33. The van der Waals surface area contributed by atoms with Gasteiger partial charge >= 0.3 is 0 Å². The van der Waals surface area contributed by atoms with Gasteiger partial charge in [0.25, 0.3) is 0 Å². The highest BCUT2D eigenvalue weighted by Crippen LogP contribution is 2.33. The van der Waals surface area contributed by atoms with Crippen molar-refractivity contribution in [1.29, 1.82) is 0 Å². The average molecular weight is 558 g/mol. The quantitative estimate of drug-likeness (QED) is 0.367. The smallest absolute Gasteiger partial charge is 0.244 e. The molecule has 0 bridgehead atoms. The van der Waals surface area contributed by atoms with Crippen molar-refractivity contribution in [1.82, 2.24) is 10.2 Å². The summed E-state index contributed by atoms with van der Waals surface area (Å²) in [6.07, 6.45) is 1.16. The van der Waals surface area contributed by atoms with Gasteiger partial charge in [0.05, 0.1) is 26.2 Å². The number of rotatable bonds is 12.